The van der Waals surface area contributed by atoms with Gasteiger partial charge in [0, 0.05) is 13.7 Å². The minimum absolute atomic E-state index is 0.0887. The molecule has 1 rings (SSSR count). The van der Waals surface area contributed by atoms with Gasteiger partial charge in [0.05, 0.1) is 23.7 Å². The maximum absolute atomic E-state index is 11.7. The van der Waals surface area contributed by atoms with Crippen molar-refractivity contribution < 1.29 is 17.9 Å². The summed E-state index contributed by atoms with van der Waals surface area (Å²) >= 11 is 0. The molecule has 20 heavy (non-hydrogen) atoms. The number of rotatable bonds is 9. The highest BCUT2D eigenvalue weighted by Gasteiger charge is 2.10. The van der Waals surface area contributed by atoms with E-state index >= 15 is 0 Å². The van der Waals surface area contributed by atoms with Gasteiger partial charge in [0.2, 0.25) is 0 Å². The average molecular weight is 297 g/mol. The quantitative estimate of drug-likeness (QED) is 0.649. The van der Waals surface area contributed by atoms with Gasteiger partial charge in [-0.3, -0.25) is 0 Å². The number of benzene rings is 1. The zero-order chi connectivity index (χ0) is 14.8. The highest BCUT2D eigenvalue weighted by molar-refractivity contribution is 7.91. The van der Waals surface area contributed by atoms with Crippen LogP contribution in [0.4, 0.5) is 0 Å². The molecule has 0 saturated carbocycles. The Hall–Kier alpha value is -1.58. The van der Waals surface area contributed by atoms with Crippen LogP contribution in [0.5, 0.6) is 5.75 Å². The monoisotopic (exact) mass is 297 g/mol. The fraction of sp³-hybridized carbons (Fsp3) is 0.500. The van der Waals surface area contributed by atoms with Gasteiger partial charge in [0.25, 0.3) is 0 Å². The maximum atomic E-state index is 11.7. The predicted molar refractivity (Wildman–Crippen MR) is 76.4 cm³/mol. The molecule has 0 fully saturated rings. The first-order valence-corrected chi connectivity index (χ1v) is 8.22. The zero-order valence-electron chi connectivity index (χ0n) is 11.5. The maximum Gasteiger partial charge on any atom is 0.150 e. The van der Waals surface area contributed by atoms with E-state index in [0.717, 1.165) is 0 Å². The molecular weight excluding hydrogens is 278 g/mol. The van der Waals surface area contributed by atoms with Crippen molar-refractivity contribution in [3.8, 4) is 11.8 Å². The first-order valence-electron chi connectivity index (χ1n) is 6.40. The van der Waals surface area contributed by atoms with Gasteiger partial charge >= 0.3 is 0 Å². The van der Waals surface area contributed by atoms with Gasteiger partial charge in [0.1, 0.15) is 11.8 Å². The van der Waals surface area contributed by atoms with Gasteiger partial charge in [-0.2, -0.15) is 5.26 Å². The molecule has 0 saturated heterocycles. The Morgan fingerprint density at radius 3 is 2.45 bits per heavy atom. The number of hydrogen-bond acceptors (Lipinski definition) is 5. The normalized spacial score (nSPS) is 11.0. The molecule has 110 valence electrons. The summed E-state index contributed by atoms with van der Waals surface area (Å²) in [5.41, 5.74) is 0.454. The van der Waals surface area contributed by atoms with Gasteiger partial charge < -0.3 is 9.47 Å². The molecule has 5 nitrogen and oxygen atoms in total. The third-order valence-corrected chi connectivity index (χ3v) is 4.49. The molecule has 0 amide bonds. The second kappa shape index (κ2) is 8.56. The van der Waals surface area contributed by atoms with Crippen LogP contribution in [0.15, 0.2) is 24.3 Å². The standard InChI is InChI=1S/C14H19NO4S/c1-18-8-4-10-20(16,17)11-5-9-19-14-7-3-2-6-13(14)12-15/h2-3,6-7H,4-5,8-11H2,1H3. The van der Waals surface area contributed by atoms with Crippen LogP contribution in [0.1, 0.15) is 18.4 Å². The number of ether oxygens (including phenoxy) is 2. The lowest BCUT2D eigenvalue weighted by Gasteiger charge is -2.08. The molecule has 0 aromatic heterocycles. The highest BCUT2D eigenvalue weighted by atomic mass is 32.2. The molecule has 0 atom stereocenters. The lowest BCUT2D eigenvalue weighted by molar-refractivity contribution is 0.199. The topological polar surface area (TPSA) is 76.4 Å². The summed E-state index contributed by atoms with van der Waals surface area (Å²) in [6.07, 6.45) is 0.923. The van der Waals surface area contributed by atoms with E-state index in [9.17, 15) is 8.42 Å². The van der Waals surface area contributed by atoms with E-state index in [4.69, 9.17) is 14.7 Å². The van der Waals surface area contributed by atoms with Crippen molar-refractivity contribution >= 4 is 9.84 Å². The third-order valence-electron chi connectivity index (χ3n) is 2.67. The summed E-state index contributed by atoms with van der Waals surface area (Å²) in [4.78, 5) is 0. The van der Waals surface area contributed by atoms with E-state index in [0.29, 0.717) is 30.8 Å². The van der Waals surface area contributed by atoms with Crippen LogP contribution in [-0.2, 0) is 14.6 Å². The molecule has 0 heterocycles. The minimum Gasteiger partial charge on any atom is -0.492 e. The Labute approximate surface area is 120 Å². The Morgan fingerprint density at radius 2 is 1.80 bits per heavy atom. The first kappa shape index (κ1) is 16.5. The number of sulfone groups is 1. The minimum atomic E-state index is -3.05. The van der Waals surface area contributed by atoms with Gasteiger partial charge in [-0.25, -0.2) is 8.42 Å². The number of hydrogen-bond donors (Lipinski definition) is 0. The second-order valence-electron chi connectivity index (χ2n) is 4.31. The van der Waals surface area contributed by atoms with Gasteiger partial charge in [0.15, 0.2) is 9.84 Å². The van der Waals surface area contributed by atoms with Crippen molar-refractivity contribution in [3.63, 3.8) is 0 Å². The molecular formula is C14H19NO4S. The smallest absolute Gasteiger partial charge is 0.150 e. The SMILES string of the molecule is COCCCS(=O)(=O)CCCOc1ccccc1C#N. The molecule has 6 heteroatoms. The molecule has 0 spiro atoms. The van der Waals surface area contributed by atoms with Gasteiger partial charge in [-0.05, 0) is 25.0 Å². The summed E-state index contributed by atoms with van der Waals surface area (Å²) < 4.78 is 33.6. The zero-order valence-corrected chi connectivity index (χ0v) is 12.4. The molecule has 1 aromatic carbocycles. The predicted octanol–water partition coefficient (Wildman–Crippen LogP) is 1.78. The van der Waals surface area contributed by atoms with Crippen molar-refractivity contribution in [3.05, 3.63) is 29.8 Å². The van der Waals surface area contributed by atoms with Crippen LogP contribution in [-0.4, -0.2) is 40.2 Å². The van der Waals surface area contributed by atoms with E-state index in [1.165, 1.54) is 0 Å². The van der Waals surface area contributed by atoms with Crippen LogP contribution in [0.3, 0.4) is 0 Å². The van der Waals surface area contributed by atoms with E-state index in [1.54, 1.807) is 31.4 Å². The third kappa shape index (κ3) is 6.04. The molecule has 0 aliphatic carbocycles. The molecule has 0 radical (unpaired) electrons. The lowest BCUT2D eigenvalue weighted by atomic mass is 10.2. The Kier molecular flexibility index (Phi) is 7.05. The number of para-hydroxylation sites is 1. The Morgan fingerprint density at radius 1 is 1.15 bits per heavy atom. The molecule has 1 aromatic rings. The van der Waals surface area contributed by atoms with Crippen molar-refractivity contribution in [2.75, 3.05) is 31.8 Å². The average Bonchev–Trinajstić information content (AvgIpc) is 2.44. The van der Waals surface area contributed by atoms with Crippen molar-refractivity contribution in [2.45, 2.75) is 12.8 Å². The van der Waals surface area contributed by atoms with Crippen LogP contribution in [0.25, 0.3) is 0 Å². The molecule has 0 N–H and O–H groups in total. The molecule has 0 aliphatic rings. The van der Waals surface area contributed by atoms with Crippen LogP contribution in [0, 0.1) is 11.3 Å². The van der Waals surface area contributed by atoms with E-state index in [-0.39, 0.29) is 18.1 Å². The van der Waals surface area contributed by atoms with E-state index in [2.05, 4.69) is 0 Å². The van der Waals surface area contributed by atoms with E-state index < -0.39 is 9.84 Å². The summed E-state index contributed by atoms with van der Waals surface area (Å²) in [5.74, 6) is 0.716. The Bertz CT molecular complexity index is 549. The summed E-state index contributed by atoms with van der Waals surface area (Å²) in [5, 5.41) is 8.89. The number of nitrogens with zero attached hydrogens (tertiary/aromatic N) is 1. The number of methoxy groups -OCH3 is 1. The van der Waals surface area contributed by atoms with Crippen LogP contribution in [0.2, 0.25) is 0 Å². The molecule has 0 unspecified atom stereocenters. The van der Waals surface area contributed by atoms with Gasteiger partial charge in [-0.1, -0.05) is 12.1 Å². The Balaban J connectivity index is 2.33. The summed E-state index contributed by atoms with van der Waals surface area (Å²) in [6.45, 7) is 0.730. The number of nitriles is 1. The molecule has 0 aliphatic heterocycles. The second-order valence-corrected chi connectivity index (χ2v) is 6.61. The lowest BCUT2D eigenvalue weighted by Crippen LogP contribution is -2.15. The van der Waals surface area contributed by atoms with Gasteiger partial charge in [-0.15, -0.1) is 0 Å². The van der Waals surface area contributed by atoms with Crippen molar-refractivity contribution in [1.29, 1.82) is 5.26 Å². The largest absolute Gasteiger partial charge is 0.492 e. The van der Waals surface area contributed by atoms with E-state index in [1.807, 2.05) is 6.07 Å². The fourth-order valence-corrected chi connectivity index (χ4v) is 2.99. The summed E-state index contributed by atoms with van der Waals surface area (Å²) in [6, 6.07) is 8.92. The first-order chi connectivity index (χ1) is 9.59. The van der Waals surface area contributed by atoms with Crippen LogP contribution < -0.4 is 4.74 Å². The molecule has 0 bridgehead atoms. The van der Waals surface area contributed by atoms with Crippen molar-refractivity contribution in [2.24, 2.45) is 0 Å². The fourth-order valence-electron chi connectivity index (χ4n) is 1.67. The summed E-state index contributed by atoms with van der Waals surface area (Å²) in [7, 11) is -1.50. The van der Waals surface area contributed by atoms with Crippen LogP contribution >= 0.6 is 0 Å². The van der Waals surface area contributed by atoms with Crippen molar-refractivity contribution in [1.82, 2.24) is 0 Å². The highest BCUT2D eigenvalue weighted by Crippen LogP contribution is 2.16.